The second-order valence-electron chi connectivity index (χ2n) is 8.98. The number of nitrogens with zero attached hydrogens (tertiary/aromatic N) is 6. The standard InChI is InChI=1S/C26H27ClN10O2/c1-3-18-12-21(36-35-18)31-25-32-24(33-26(34-25)37(2)14-15-6-4-7-17(27)10-15)30-20(23(38)39)11-16-13-29-22-19(16)8-5-9-28-22/h4-10,12-13,20H,3,11,14H2,1-2H3,(H,28,29)(H,38,39)(H3,30,31,32,33,34,35,36). The highest BCUT2D eigenvalue weighted by atomic mass is 35.5. The number of hydrogen-bond donors (Lipinski definition) is 5. The zero-order valence-corrected chi connectivity index (χ0v) is 22.1. The molecule has 0 aliphatic rings. The molecule has 0 fully saturated rings. The minimum absolute atomic E-state index is 0.108. The van der Waals surface area contributed by atoms with Crippen LogP contribution in [0.3, 0.4) is 0 Å². The number of nitrogens with one attached hydrogen (secondary N) is 4. The van der Waals surface area contributed by atoms with Crippen molar-refractivity contribution in [3.05, 3.63) is 76.7 Å². The maximum absolute atomic E-state index is 12.3. The summed E-state index contributed by atoms with van der Waals surface area (Å²) in [5.74, 6) is 0.152. The SMILES string of the molecule is CCc1cc(Nc2nc(NC(Cc3c[nH]c4ncccc34)C(=O)O)nc(N(C)Cc3cccc(Cl)c3)n2)n[nH]1. The van der Waals surface area contributed by atoms with Gasteiger partial charge in [-0.1, -0.05) is 30.7 Å². The van der Waals surface area contributed by atoms with E-state index in [1.165, 1.54) is 0 Å². The maximum Gasteiger partial charge on any atom is 0.326 e. The lowest BCUT2D eigenvalue weighted by Gasteiger charge is -2.20. The quantitative estimate of drug-likeness (QED) is 0.162. The normalized spacial score (nSPS) is 11.9. The molecule has 5 aromatic rings. The van der Waals surface area contributed by atoms with Crippen molar-refractivity contribution in [3.8, 4) is 0 Å². The molecular weight excluding hydrogens is 520 g/mol. The van der Waals surface area contributed by atoms with Gasteiger partial charge in [0.2, 0.25) is 17.8 Å². The molecule has 5 rings (SSSR count). The fourth-order valence-corrected chi connectivity index (χ4v) is 4.33. The summed E-state index contributed by atoms with van der Waals surface area (Å²) in [4.78, 5) is 35.0. The van der Waals surface area contributed by atoms with Gasteiger partial charge in [-0.25, -0.2) is 9.78 Å². The van der Waals surface area contributed by atoms with E-state index in [1.54, 1.807) is 12.4 Å². The van der Waals surface area contributed by atoms with Crippen LogP contribution in [0, 0.1) is 0 Å². The van der Waals surface area contributed by atoms with Crippen molar-refractivity contribution < 1.29 is 9.90 Å². The van der Waals surface area contributed by atoms with Crippen LogP contribution in [0.15, 0.2) is 54.9 Å². The number of pyridine rings is 1. The average molecular weight is 547 g/mol. The van der Waals surface area contributed by atoms with Crippen LogP contribution in [-0.2, 0) is 24.2 Å². The molecular formula is C26H27ClN10O2. The Bertz CT molecular complexity index is 1600. The van der Waals surface area contributed by atoms with Crippen LogP contribution in [0.4, 0.5) is 23.7 Å². The number of aliphatic carboxylic acids is 1. The van der Waals surface area contributed by atoms with Gasteiger partial charge in [0, 0.05) is 54.6 Å². The Kier molecular flexibility index (Phi) is 7.55. The maximum atomic E-state index is 12.3. The van der Waals surface area contributed by atoms with Crippen LogP contribution in [0.1, 0.15) is 23.7 Å². The summed E-state index contributed by atoms with van der Waals surface area (Å²) in [6, 6.07) is 12.1. The minimum Gasteiger partial charge on any atom is -0.480 e. The van der Waals surface area contributed by atoms with E-state index in [-0.39, 0.29) is 18.3 Å². The van der Waals surface area contributed by atoms with Gasteiger partial charge in [-0.05, 0) is 41.8 Å². The molecule has 0 aliphatic carbocycles. The summed E-state index contributed by atoms with van der Waals surface area (Å²) in [6.07, 6.45) is 4.42. The number of rotatable bonds is 11. The van der Waals surface area contributed by atoms with Gasteiger partial charge >= 0.3 is 5.97 Å². The number of H-pyrrole nitrogens is 2. The monoisotopic (exact) mass is 546 g/mol. The molecule has 0 radical (unpaired) electrons. The summed E-state index contributed by atoms with van der Waals surface area (Å²) in [5.41, 5.74) is 3.42. The van der Waals surface area contributed by atoms with Crippen LogP contribution < -0.4 is 15.5 Å². The van der Waals surface area contributed by atoms with Crippen molar-refractivity contribution in [2.45, 2.75) is 32.4 Å². The summed E-state index contributed by atoms with van der Waals surface area (Å²) in [5, 5.41) is 24.8. The van der Waals surface area contributed by atoms with Crippen molar-refractivity contribution in [2.24, 2.45) is 0 Å². The first-order valence-electron chi connectivity index (χ1n) is 12.3. The Labute approximate surface area is 228 Å². The predicted octanol–water partition coefficient (Wildman–Crippen LogP) is 4.17. The van der Waals surface area contributed by atoms with E-state index >= 15 is 0 Å². The average Bonchev–Trinajstić information content (AvgIpc) is 3.55. The van der Waals surface area contributed by atoms with E-state index in [2.05, 4.69) is 45.8 Å². The van der Waals surface area contributed by atoms with E-state index in [0.717, 1.165) is 28.6 Å². The molecule has 1 atom stereocenters. The van der Waals surface area contributed by atoms with Gasteiger partial charge in [-0.2, -0.15) is 20.1 Å². The lowest BCUT2D eigenvalue weighted by molar-refractivity contribution is -0.137. The van der Waals surface area contributed by atoms with Gasteiger partial charge in [-0.3, -0.25) is 5.10 Å². The molecule has 0 bridgehead atoms. The van der Waals surface area contributed by atoms with E-state index in [1.807, 2.05) is 61.3 Å². The molecule has 39 heavy (non-hydrogen) atoms. The highest BCUT2D eigenvalue weighted by Gasteiger charge is 2.22. The zero-order chi connectivity index (χ0) is 27.4. The van der Waals surface area contributed by atoms with Crippen molar-refractivity contribution >= 4 is 52.3 Å². The molecule has 13 heteroatoms. The van der Waals surface area contributed by atoms with E-state index in [0.29, 0.717) is 29.0 Å². The van der Waals surface area contributed by atoms with Gasteiger partial charge in [0.05, 0.1) is 0 Å². The molecule has 5 N–H and O–H groups in total. The zero-order valence-electron chi connectivity index (χ0n) is 21.3. The van der Waals surface area contributed by atoms with Gasteiger partial charge in [0.25, 0.3) is 0 Å². The smallest absolute Gasteiger partial charge is 0.326 e. The fourth-order valence-electron chi connectivity index (χ4n) is 4.11. The molecule has 4 aromatic heterocycles. The summed E-state index contributed by atoms with van der Waals surface area (Å²) in [7, 11) is 1.83. The van der Waals surface area contributed by atoms with E-state index in [4.69, 9.17) is 11.6 Å². The Hall–Kier alpha value is -4.71. The van der Waals surface area contributed by atoms with Crippen molar-refractivity contribution in [2.75, 3.05) is 22.6 Å². The van der Waals surface area contributed by atoms with E-state index in [9.17, 15) is 9.90 Å². The number of halogens is 1. The molecule has 4 heterocycles. The van der Waals surface area contributed by atoms with Crippen molar-refractivity contribution in [1.29, 1.82) is 0 Å². The second-order valence-corrected chi connectivity index (χ2v) is 9.41. The molecule has 1 aromatic carbocycles. The molecule has 0 aliphatic heterocycles. The molecule has 0 saturated carbocycles. The van der Waals surface area contributed by atoms with Crippen LogP contribution in [0.5, 0.6) is 0 Å². The Balaban J connectivity index is 1.44. The highest BCUT2D eigenvalue weighted by Crippen LogP contribution is 2.22. The second kappa shape index (κ2) is 11.4. The first kappa shape index (κ1) is 25.9. The number of benzene rings is 1. The number of carboxylic acids is 1. The fraction of sp³-hybridized carbons (Fsp3) is 0.231. The number of carboxylic acid groups (broad SMARTS) is 1. The summed E-state index contributed by atoms with van der Waals surface area (Å²) < 4.78 is 0. The number of carbonyl (C=O) groups is 1. The third-order valence-electron chi connectivity index (χ3n) is 6.09. The third kappa shape index (κ3) is 6.24. The number of aryl methyl sites for hydroxylation is 1. The lowest BCUT2D eigenvalue weighted by atomic mass is 10.1. The van der Waals surface area contributed by atoms with Gasteiger partial charge in [0.15, 0.2) is 5.82 Å². The lowest BCUT2D eigenvalue weighted by Crippen LogP contribution is -2.33. The van der Waals surface area contributed by atoms with Crippen LogP contribution in [0.25, 0.3) is 11.0 Å². The molecule has 0 amide bonds. The molecule has 0 saturated heterocycles. The number of aromatic amines is 2. The van der Waals surface area contributed by atoms with Gasteiger partial charge < -0.3 is 25.6 Å². The van der Waals surface area contributed by atoms with Crippen LogP contribution in [-0.4, -0.2) is 59.3 Å². The van der Waals surface area contributed by atoms with Crippen molar-refractivity contribution in [1.82, 2.24) is 35.1 Å². The van der Waals surface area contributed by atoms with Crippen molar-refractivity contribution in [3.63, 3.8) is 0 Å². The number of hydrogen-bond acceptors (Lipinski definition) is 9. The van der Waals surface area contributed by atoms with Gasteiger partial charge in [-0.15, -0.1) is 0 Å². The highest BCUT2D eigenvalue weighted by molar-refractivity contribution is 6.30. The number of aromatic nitrogens is 7. The first-order chi connectivity index (χ1) is 18.9. The largest absolute Gasteiger partial charge is 0.480 e. The Morgan fingerprint density at radius 3 is 2.77 bits per heavy atom. The molecule has 0 spiro atoms. The third-order valence-corrected chi connectivity index (χ3v) is 6.32. The van der Waals surface area contributed by atoms with E-state index < -0.39 is 12.0 Å². The Morgan fingerprint density at radius 1 is 1.15 bits per heavy atom. The first-order valence-corrected chi connectivity index (χ1v) is 12.7. The number of anilines is 4. The van der Waals surface area contributed by atoms with Crippen LogP contribution in [0.2, 0.25) is 5.02 Å². The summed E-state index contributed by atoms with van der Waals surface area (Å²) >= 11 is 6.16. The van der Waals surface area contributed by atoms with Crippen LogP contribution >= 0.6 is 11.6 Å². The molecule has 1 unspecified atom stereocenters. The summed E-state index contributed by atoms with van der Waals surface area (Å²) in [6.45, 7) is 2.48. The number of fused-ring (bicyclic) bond motifs is 1. The molecule has 200 valence electrons. The minimum atomic E-state index is -1.04. The topological polar surface area (TPSA) is 161 Å². The Morgan fingerprint density at radius 2 is 2.00 bits per heavy atom. The van der Waals surface area contributed by atoms with Gasteiger partial charge in [0.1, 0.15) is 11.7 Å². The molecule has 12 nitrogen and oxygen atoms in total. The predicted molar refractivity (Wildman–Crippen MR) is 149 cm³/mol.